The van der Waals surface area contributed by atoms with E-state index in [0.717, 1.165) is 0 Å². The monoisotopic (exact) mass is 315 g/mol. The van der Waals surface area contributed by atoms with Gasteiger partial charge in [-0.15, -0.1) is 0 Å². The molecule has 6 heteroatoms. The van der Waals surface area contributed by atoms with E-state index < -0.39 is 5.91 Å². The van der Waals surface area contributed by atoms with E-state index in [9.17, 15) is 14.0 Å². The van der Waals surface area contributed by atoms with E-state index in [1.54, 1.807) is 54.4 Å². The van der Waals surface area contributed by atoms with E-state index in [2.05, 4.69) is 5.32 Å². The van der Waals surface area contributed by atoms with Crippen LogP contribution in [0.5, 0.6) is 0 Å². The Morgan fingerprint density at radius 3 is 2.48 bits per heavy atom. The molecule has 0 aromatic heterocycles. The number of anilines is 1. The zero-order chi connectivity index (χ0) is 16.8. The summed E-state index contributed by atoms with van der Waals surface area (Å²) in [6.45, 7) is 0.360. The first-order chi connectivity index (χ1) is 11.0. The van der Waals surface area contributed by atoms with Crippen molar-refractivity contribution < 1.29 is 14.0 Å². The Kier molecular flexibility index (Phi) is 5.43. The fraction of sp³-hybridized carbons (Fsp3) is 0.176. The molecule has 23 heavy (non-hydrogen) atoms. The molecule has 0 saturated carbocycles. The summed E-state index contributed by atoms with van der Waals surface area (Å²) in [7, 11) is 1.71. The van der Waals surface area contributed by atoms with Gasteiger partial charge in [-0.2, -0.15) is 0 Å². The molecule has 0 spiro atoms. The highest BCUT2D eigenvalue weighted by atomic mass is 19.1. The number of nitrogens with zero attached hydrogens (tertiary/aromatic N) is 1. The predicted molar refractivity (Wildman–Crippen MR) is 86.3 cm³/mol. The Morgan fingerprint density at radius 2 is 1.78 bits per heavy atom. The molecule has 2 rings (SSSR count). The lowest BCUT2D eigenvalue weighted by molar-refractivity contribution is -0.117. The minimum atomic E-state index is -0.611. The van der Waals surface area contributed by atoms with Crippen molar-refractivity contribution in [2.45, 2.75) is 6.54 Å². The number of hydrogen-bond donors (Lipinski definition) is 2. The standard InChI is InChI=1S/C17H18FN3O2/c1-21(10-12-6-2-4-8-14(12)18)11-16(22)20-15-9-5-3-7-13(15)17(19)23/h2-9H,10-11H2,1H3,(H2,19,23)(H,20,22). The minimum absolute atomic E-state index is 0.0570. The second-order valence-electron chi connectivity index (χ2n) is 5.22. The Labute approximate surface area is 133 Å². The van der Waals surface area contributed by atoms with Crippen LogP contribution < -0.4 is 11.1 Å². The van der Waals surface area contributed by atoms with E-state index in [4.69, 9.17) is 5.73 Å². The van der Waals surface area contributed by atoms with Crippen molar-refractivity contribution in [3.05, 3.63) is 65.5 Å². The van der Waals surface area contributed by atoms with Gasteiger partial charge < -0.3 is 11.1 Å². The third-order valence-electron chi connectivity index (χ3n) is 3.28. The van der Waals surface area contributed by atoms with Crippen LogP contribution >= 0.6 is 0 Å². The number of rotatable bonds is 6. The first kappa shape index (κ1) is 16.6. The normalized spacial score (nSPS) is 10.6. The molecule has 2 amide bonds. The number of para-hydroxylation sites is 1. The van der Waals surface area contributed by atoms with Crippen LogP contribution in [0.3, 0.4) is 0 Å². The third-order valence-corrected chi connectivity index (χ3v) is 3.28. The van der Waals surface area contributed by atoms with E-state index in [1.807, 2.05) is 0 Å². The quantitative estimate of drug-likeness (QED) is 0.856. The Balaban J connectivity index is 1.97. The molecule has 2 aromatic carbocycles. The van der Waals surface area contributed by atoms with Crippen molar-refractivity contribution in [2.24, 2.45) is 5.73 Å². The van der Waals surface area contributed by atoms with Gasteiger partial charge in [0.25, 0.3) is 5.91 Å². The van der Waals surface area contributed by atoms with Gasteiger partial charge in [0.1, 0.15) is 5.82 Å². The lowest BCUT2D eigenvalue weighted by atomic mass is 10.1. The van der Waals surface area contributed by atoms with Crippen molar-refractivity contribution in [1.29, 1.82) is 0 Å². The van der Waals surface area contributed by atoms with Gasteiger partial charge in [0.15, 0.2) is 0 Å². The molecule has 0 saturated heterocycles. The molecule has 0 fully saturated rings. The van der Waals surface area contributed by atoms with Gasteiger partial charge in [0.2, 0.25) is 5.91 Å². The van der Waals surface area contributed by atoms with Crippen molar-refractivity contribution >= 4 is 17.5 Å². The highest BCUT2D eigenvalue weighted by molar-refractivity contribution is 6.03. The molecule has 0 radical (unpaired) electrons. The van der Waals surface area contributed by atoms with Crippen molar-refractivity contribution in [2.75, 3.05) is 18.9 Å². The molecule has 0 bridgehead atoms. The van der Waals surface area contributed by atoms with Crippen LogP contribution in [0.25, 0.3) is 0 Å². The summed E-state index contributed by atoms with van der Waals surface area (Å²) in [6.07, 6.45) is 0. The van der Waals surface area contributed by atoms with E-state index in [-0.39, 0.29) is 23.8 Å². The first-order valence-electron chi connectivity index (χ1n) is 7.08. The number of likely N-dealkylation sites (N-methyl/N-ethyl adjacent to an activating group) is 1. The summed E-state index contributed by atoms with van der Waals surface area (Å²) in [5.74, 6) is -1.23. The van der Waals surface area contributed by atoms with Crippen LogP contribution in [0, 0.1) is 5.82 Å². The van der Waals surface area contributed by atoms with Crippen LogP contribution in [0.2, 0.25) is 0 Å². The molecule has 0 aliphatic heterocycles. The molecule has 120 valence electrons. The zero-order valence-electron chi connectivity index (χ0n) is 12.8. The SMILES string of the molecule is CN(CC(=O)Nc1ccccc1C(N)=O)Cc1ccccc1F. The van der Waals surface area contributed by atoms with Gasteiger partial charge in [-0.3, -0.25) is 14.5 Å². The topological polar surface area (TPSA) is 75.4 Å². The predicted octanol–water partition coefficient (Wildman–Crippen LogP) is 2.00. The van der Waals surface area contributed by atoms with Crippen molar-refractivity contribution in [1.82, 2.24) is 4.90 Å². The highest BCUT2D eigenvalue weighted by Crippen LogP contribution is 2.14. The third kappa shape index (κ3) is 4.62. The molecule has 0 aliphatic rings. The van der Waals surface area contributed by atoms with E-state index in [0.29, 0.717) is 17.8 Å². The number of hydrogen-bond acceptors (Lipinski definition) is 3. The number of nitrogens with one attached hydrogen (secondary N) is 1. The summed E-state index contributed by atoms with van der Waals surface area (Å²) in [5.41, 5.74) is 6.40. The second kappa shape index (κ2) is 7.51. The van der Waals surface area contributed by atoms with E-state index >= 15 is 0 Å². The molecule has 2 aromatic rings. The largest absolute Gasteiger partial charge is 0.366 e. The summed E-state index contributed by atoms with van der Waals surface area (Å²) < 4.78 is 13.6. The van der Waals surface area contributed by atoms with Gasteiger partial charge in [0, 0.05) is 12.1 Å². The molecule has 0 aliphatic carbocycles. The number of nitrogens with two attached hydrogens (primary N) is 1. The maximum Gasteiger partial charge on any atom is 0.250 e. The van der Waals surface area contributed by atoms with Gasteiger partial charge >= 0.3 is 0 Å². The van der Waals surface area contributed by atoms with Crippen LogP contribution in [-0.4, -0.2) is 30.3 Å². The maximum atomic E-state index is 13.6. The van der Waals surface area contributed by atoms with Crippen molar-refractivity contribution in [3.63, 3.8) is 0 Å². The van der Waals surface area contributed by atoms with Crippen LogP contribution in [0.4, 0.5) is 10.1 Å². The number of primary amides is 1. The van der Waals surface area contributed by atoms with Gasteiger partial charge in [-0.05, 0) is 25.2 Å². The number of carbonyl (C=O) groups excluding carboxylic acids is 2. The molecular weight excluding hydrogens is 297 g/mol. The van der Waals surface area contributed by atoms with Crippen LogP contribution in [-0.2, 0) is 11.3 Å². The number of benzene rings is 2. The van der Waals surface area contributed by atoms with Crippen molar-refractivity contribution in [3.8, 4) is 0 Å². The summed E-state index contributed by atoms with van der Waals surface area (Å²) in [6, 6.07) is 12.9. The Bertz CT molecular complexity index is 718. The summed E-state index contributed by atoms with van der Waals surface area (Å²) in [5, 5.41) is 2.65. The van der Waals surface area contributed by atoms with Crippen LogP contribution in [0.15, 0.2) is 48.5 Å². The average molecular weight is 315 g/mol. The Morgan fingerprint density at radius 1 is 1.13 bits per heavy atom. The smallest absolute Gasteiger partial charge is 0.250 e. The van der Waals surface area contributed by atoms with Gasteiger partial charge in [-0.1, -0.05) is 30.3 Å². The molecule has 0 unspecified atom stereocenters. The molecule has 0 heterocycles. The highest BCUT2D eigenvalue weighted by Gasteiger charge is 2.13. The summed E-state index contributed by atoms with van der Waals surface area (Å²) >= 11 is 0. The zero-order valence-corrected chi connectivity index (χ0v) is 12.8. The molecule has 5 nitrogen and oxygen atoms in total. The van der Waals surface area contributed by atoms with Gasteiger partial charge in [0.05, 0.1) is 17.8 Å². The number of amides is 2. The number of halogens is 1. The lowest BCUT2D eigenvalue weighted by Gasteiger charge is -2.17. The maximum absolute atomic E-state index is 13.6. The van der Waals surface area contributed by atoms with E-state index in [1.165, 1.54) is 6.07 Å². The Hall–Kier alpha value is -2.73. The van der Waals surface area contributed by atoms with Crippen LogP contribution in [0.1, 0.15) is 15.9 Å². The molecule has 3 N–H and O–H groups in total. The second-order valence-corrected chi connectivity index (χ2v) is 5.22. The van der Waals surface area contributed by atoms with Gasteiger partial charge in [-0.25, -0.2) is 4.39 Å². The minimum Gasteiger partial charge on any atom is -0.366 e. The summed E-state index contributed by atoms with van der Waals surface area (Å²) in [4.78, 5) is 25.1. The molecular formula is C17H18FN3O2. The lowest BCUT2D eigenvalue weighted by Crippen LogP contribution is -2.30. The number of carbonyl (C=O) groups is 2. The average Bonchev–Trinajstić information content (AvgIpc) is 2.49. The molecule has 0 atom stereocenters. The fourth-order valence-corrected chi connectivity index (χ4v) is 2.22. The fourth-order valence-electron chi connectivity index (χ4n) is 2.22. The first-order valence-corrected chi connectivity index (χ1v) is 7.08.